The van der Waals surface area contributed by atoms with Gasteiger partial charge >= 0.3 is 0 Å². The molecule has 0 amide bonds. The predicted molar refractivity (Wildman–Crippen MR) is 148 cm³/mol. The van der Waals surface area contributed by atoms with Gasteiger partial charge in [0.25, 0.3) is 0 Å². The van der Waals surface area contributed by atoms with E-state index in [-0.39, 0.29) is 0 Å². The third-order valence-electron chi connectivity index (χ3n) is 7.37. The maximum atomic E-state index is 6.30. The molecule has 0 bridgehead atoms. The molecule has 1 aliphatic rings. The summed E-state index contributed by atoms with van der Waals surface area (Å²) in [6.07, 6.45) is 5.12. The third-order valence-corrected chi connectivity index (χ3v) is 7.60. The predicted octanol–water partition coefficient (Wildman–Crippen LogP) is 8.62. The number of rotatable bonds is 2. The van der Waals surface area contributed by atoms with Gasteiger partial charge in [-0.1, -0.05) is 35.4 Å². The van der Waals surface area contributed by atoms with E-state index >= 15 is 0 Å². The molecule has 0 aliphatic carbocycles. The number of hydrogen-bond acceptors (Lipinski definition) is 1. The SMILES string of the molecule is Cc1ccc2[nH]cc(-c3ccc4c(c3)Cc3cc(-c5c[nH]c6ccc(Cl)cc56)ccc3N4C)c2c1. The molecular formula is C31H24ClN3. The highest BCUT2D eigenvalue weighted by atomic mass is 35.5. The summed E-state index contributed by atoms with van der Waals surface area (Å²) in [5.41, 5.74) is 13.6. The van der Waals surface area contributed by atoms with Crippen LogP contribution < -0.4 is 4.90 Å². The Balaban J connectivity index is 1.31. The highest BCUT2D eigenvalue weighted by Crippen LogP contribution is 2.42. The number of aromatic nitrogens is 2. The standard InChI is InChI=1S/C31H24ClN3/c1-18-3-7-28-24(11-18)26(16-33-28)19-4-9-30-21(12-19)14-22-13-20(5-10-31(22)35(30)2)27-17-34-29-8-6-23(32)15-25(27)29/h3-13,15-17,33-34H,14H2,1-2H3. The Kier molecular flexibility index (Phi) is 4.39. The van der Waals surface area contributed by atoms with Crippen LogP contribution in [0.4, 0.5) is 11.4 Å². The highest BCUT2D eigenvalue weighted by Gasteiger charge is 2.22. The molecule has 7 rings (SSSR count). The van der Waals surface area contributed by atoms with Crippen molar-refractivity contribution in [1.29, 1.82) is 0 Å². The first-order valence-electron chi connectivity index (χ1n) is 11.9. The van der Waals surface area contributed by atoms with Crippen molar-refractivity contribution in [2.75, 3.05) is 11.9 Å². The van der Waals surface area contributed by atoms with E-state index < -0.39 is 0 Å². The van der Waals surface area contributed by atoms with Gasteiger partial charge in [-0.15, -0.1) is 0 Å². The minimum atomic E-state index is 0.755. The van der Waals surface area contributed by atoms with Crippen LogP contribution in [0.1, 0.15) is 16.7 Å². The summed E-state index contributed by atoms with van der Waals surface area (Å²) in [7, 11) is 2.16. The maximum Gasteiger partial charge on any atom is 0.0461 e. The number of aryl methyl sites for hydroxylation is 1. The molecule has 0 spiro atoms. The van der Waals surface area contributed by atoms with Crippen LogP contribution in [0.5, 0.6) is 0 Å². The molecule has 3 heterocycles. The van der Waals surface area contributed by atoms with Gasteiger partial charge < -0.3 is 14.9 Å². The average Bonchev–Trinajstić information content (AvgIpc) is 3.47. The van der Waals surface area contributed by atoms with Gasteiger partial charge in [-0.3, -0.25) is 0 Å². The van der Waals surface area contributed by atoms with E-state index in [4.69, 9.17) is 11.6 Å². The van der Waals surface area contributed by atoms with E-state index in [0.717, 1.165) is 22.3 Å². The van der Waals surface area contributed by atoms with Gasteiger partial charge in [0.15, 0.2) is 0 Å². The summed E-state index contributed by atoms with van der Waals surface area (Å²) in [6, 6.07) is 26.2. The average molecular weight is 474 g/mol. The largest absolute Gasteiger partial charge is 0.361 e. The van der Waals surface area contributed by atoms with Crippen LogP contribution in [0.15, 0.2) is 85.2 Å². The molecule has 0 saturated carbocycles. The summed E-state index contributed by atoms with van der Waals surface area (Å²) in [5.74, 6) is 0. The number of H-pyrrole nitrogens is 2. The summed E-state index contributed by atoms with van der Waals surface area (Å²) in [5, 5.41) is 3.18. The van der Waals surface area contributed by atoms with Crippen molar-refractivity contribution in [3.8, 4) is 22.3 Å². The number of halogens is 1. The number of aromatic amines is 2. The van der Waals surface area contributed by atoms with Crippen LogP contribution in [0, 0.1) is 6.92 Å². The maximum absolute atomic E-state index is 6.30. The van der Waals surface area contributed by atoms with E-state index in [9.17, 15) is 0 Å². The molecular weight excluding hydrogens is 450 g/mol. The second kappa shape index (κ2) is 7.53. The lowest BCUT2D eigenvalue weighted by Gasteiger charge is -2.31. The van der Waals surface area contributed by atoms with Gasteiger partial charge in [0, 0.05) is 75.2 Å². The third kappa shape index (κ3) is 3.19. The van der Waals surface area contributed by atoms with Crippen molar-refractivity contribution in [3.05, 3.63) is 107 Å². The van der Waals surface area contributed by atoms with Crippen molar-refractivity contribution in [1.82, 2.24) is 9.97 Å². The summed E-state index contributed by atoms with van der Waals surface area (Å²) in [4.78, 5) is 9.14. The first-order chi connectivity index (χ1) is 17.0. The summed E-state index contributed by atoms with van der Waals surface area (Å²) >= 11 is 6.30. The number of nitrogens with one attached hydrogen (secondary N) is 2. The molecule has 1 aliphatic heterocycles. The zero-order chi connectivity index (χ0) is 23.7. The first-order valence-corrected chi connectivity index (χ1v) is 12.3. The minimum absolute atomic E-state index is 0.755. The molecule has 6 aromatic rings. The normalized spacial score (nSPS) is 12.8. The lowest BCUT2D eigenvalue weighted by molar-refractivity contribution is 1.06. The summed E-state index contributed by atoms with van der Waals surface area (Å²) < 4.78 is 0. The van der Waals surface area contributed by atoms with Crippen molar-refractivity contribution in [2.45, 2.75) is 13.3 Å². The van der Waals surface area contributed by atoms with Gasteiger partial charge in [-0.05, 0) is 83.8 Å². The van der Waals surface area contributed by atoms with Crippen LogP contribution in [0.3, 0.4) is 0 Å². The highest BCUT2D eigenvalue weighted by molar-refractivity contribution is 6.31. The minimum Gasteiger partial charge on any atom is -0.361 e. The lowest BCUT2D eigenvalue weighted by Crippen LogP contribution is -2.18. The van der Waals surface area contributed by atoms with Crippen LogP contribution in [-0.4, -0.2) is 17.0 Å². The molecule has 35 heavy (non-hydrogen) atoms. The van der Waals surface area contributed by atoms with Crippen molar-refractivity contribution in [2.24, 2.45) is 0 Å². The molecule has 0 unspecified atom stereocenters. The Bertz CT molecular complexity index is 1640. The molecule has 2 N–H and O–H groups in total. The van der Waals surface area contributed by atoms with E-state index in [0.29, 0.717) is 0 Å². The fraction of sp³-hybridized carbons (Fsp3) is 0.0968. The van der Waals surface area contributed by atoms with Gasteiger partial charge in [0.05, 0.1) is 0 Å². The lowest BCUT2D eigenvalue weighted by atomic mass is 9.90. The van der Waals surface area contributed by atoms with Crippen LogP contribution in [-0.2, 0) is 6.42 Å². The van der Waals surface area contributed by atoms with Crippen molar-refractivity contribution in [3.63, 3.8) is 0 Å². The van der Waals surface area contributed by atoms with E-state index in [2.05, 4.69) is 95.8 Å². The topological polar surface area (TPSA) is 34.8 Å². The number of fused-ring (bicyclic) bond motifs is 4. The van der Waals surface area contributed by atoms with E-state index in [1.54, 1.807) is 0 Å². The second-order valence-electron chi connectivity index (χ2n) is 9.57. The van der Waals surface area contributed by atoms with Gasteiger partial charge in [0.1, 0.15) is 0 Å². The Labute approximate surface area is 209 Å². The smallest absolute Gasteiger partial charge is 0.0461 e. The van der Waals surface area contributed by atoms with Crippen LogP contribution in [0.2, 0.25) is 5.02 Å². The number of anilines is 2. The molecule has 3 nitrogen and oxygen atoms in total. The number of nitrogens with zero attached hydrogens (tertiary/aromatic N) is 1. The van der Waals surface area contributed by atoms with E-state index in [1.807, 2.05) is 18.2 Å². The quantitative estimate of drug-likeness (QED) is 0.259. The fourth-order valence-electron chi connectivity index (χ4n) is 5.58. The molecule has 0 radical (unpaired) electrons. The Morgan fingerprint density at radius 3 is 1.89 bits per heavy atom. The molecule has 2 aromatic heterocycles. The molecule has 4 heteroatoms. The van der Waals surface area contributed by atoms with Gasteiger partial charge in [0.2, 0.25) is 0 Å². The monoisotopic (exact) mass is 473 g/mol. The molecule has 4 aromatic carbocycles. The molecule has 0 fully saturated rings. The molecule has 0 saturated heterocycles. The van der Waals surface area contributed by atoms with Crippen LogP contribution in [0.25, 0.3) is 44.1 Å². The van der Waals surface area contributed by atoms with E-state index in [1.165, 1.54) is 61.2 Å². The van der Waals surface area contributed by atoms with Crippen LogP contribution >= 0.6 is 11.6 Å². The Morgan fingerprint density at radius 1 is 0.686 bits per heavy atom. The second-order valence-corrected chi connectivity index (χ2v) is 10.0. The van der Waals surface area contributed by atoms with Gasteiger partial charge in [-0.25, -0.2) is 0 Å². The summed E-state index contributed by atoms with van der Waals surface area (Å²) in [6.45, 7) is 2.15. The van der Waals surface area contributed by atoms with Gasteiger partial charge in [-0.2, -0.15) is 0 Å². The Morgan fingerprint density at radius 2 is 1.26 bits per heavy atom. The fourth-order valence-corrected chi connectivity index (χ4v) is 5.76. The zero-order valence-corrected chi connectivity index (χ0v) is 20.4. The number of benzene rings is 4. The molecule has 0 atom stereocenters. The first kappa shape index (κ1) is 20.4. The van der Waals surface area contributed by atoms with Crippen molar-refractivity contribution < 1.29 is 0 Å². The molecule has 170 valence electrons. The zero-order valence-electron chi connectivity index (χ0n) is 19.6. The number of hydrogen-bond donors (Lipinski definition) is 2. The van der Waals surface area contributed by atoms with Crippen molar-refractivity contribution >= 4 is 44.8 Å². The Hall–Kier alpha value is -3.95.